The summed E-state index contributed by atoms with van der Waals surface area (Å²) >= 11 is 0. The molecule has 0 amide bonds. The normalized spacial score (nSPS) is 25.7. The lowest BCUT2D eigenvalue weighted by Gasteiger charge is -2.55. The van der Waals surface area contributed by atoms with E-state index in [2.05, 4.69) is 20.8 Å². The maximum atomic E-state index is 13.4. The molecule has 2 aliphatic rings. The number of rotatable bonds is 4. The number of aliphatic hydroxyl groups is 1. The van der Waals surface area contributed by atoms with E-state index >= 15 is 0 Å². The molecule has 6 heteroatoms. The van der Waals surface area contributed by atoms with Crippen LogP contribution in [-0.2, 0) is 11.2 Å². The highest BCUT2D eigenvalue weighted by atomic mass is 16.7. The Bertz CT molecular complexity index is 1240. The molecule has 3 aromatic rings. The Morgan fingerprint density at radius 1 is 1.15 bits per heavy atom. The Labute approximate surface area is 193 Å². The van der Waals surface area contributed by atoms with Crippen molar-refractivity contribution in [2.45, 2.75) is 51.7 Å². The molecule has 1 aromatic heterocycles. The molecule has 33 heavy (non-hydrogen) atoms. The van der Waals surface area contributed by atoms with E-state index in [0.717, 1.165) is 11.1 Å². The molecule has 0 spiro atoms. The van der Waals surface area contributed by atoms with Crippen LogP contribution in [0, 0.1) is 11.3 Å². The fraction of sp³-hybridized carbons (Fsp3) is 0.444. The number of methoxy groups -OCH3 is 1. The lowest BCUT2D eigenvalue weighted by atomic mass is 9.57. The lowest BCUT2D eigenvalue weighted by molar-refractivity contribution is -0.137. The van der Waals surface area contributed by atoms with Crippen LogP contribution in [0.1, 0.15) is 39.2 Å². The van der Waals surface area contributed by atoms with Crippen molar-refractivity contribution in [2.24, 2.45) is 11.3 Å². The van der Waals surface area contributed by atoms with E-state index in [1.54, 1.807) is 13.2 Å². The molecular formula is C27H30O6. The molecule has 1 N–H and O–H groups in total. The van der Waals surface area contributed by atoms with Gasteiger partial charge < -0.3 is 23.7 Å². The van der Waals surface area contributed by atoms with Crippen LogP contribution in [0.4, 0.5) is 0 Å². The van der Waals surface area contributed by atoms with Gasteiger partial charge in [0.15, 0.2) is 12.2 Å². The van der Waals surface area contributed by atoms with Crippen LogP contribution in [0.2, 0.25) is 0 Å². The molecule has 6 nitrogen and oxygen atoms in total. The molecule has 0 bridgehead atoms. The molecule has 174 valence electrons. The molecule has 0 radical (unpaired) electrons. The SMILES string of the molecule is COCOc1cc2oc(-c3ccccc3)cc(=O)c2c2c1C[C@@H]1C(C)(C)[C@@H](O)CC[C@]1(C)O2. The van der Waals surface area contributed by atoms with Gasteiger partial charge in [0.05, 0.1) is 6.10 Å². The largest absolute Gasteiger partial charge is 0.486 e. The second-order valence-corrected chi connectivity index (χ2v) is 9.99. The molecular weight excluding hydrogens is 420 g/mol. The van der Waals surface area contributed by atoms with Crippen LogP contribution in [0.15, 0.2) is 51.7 Å². The molecule has 1 aliphatic carbocycles. The van der Waals surface area contributed by atoms with Gasteiger partial charge >= 0.3 is 0 Å². The van der Waals surface area contributed by atoms with Crippen molar-refractivity contribution in [3.63, 3.8) is 0 Å². The second kappa shape index (κ2) is 7.89. The van der Waals surface area contributed by atoms with Gasteiger partial charge in [0.1, 0.15) is 33.8 Å². The van der Waals surface area contributed by atoms with Gasteiger partial charge in [-0.15, -0.1) is 0 Å². The fourth-order valence-corrected chi connectivity index (χ4v) is 5.63. The van der Waals surface area contributed by atoms with E-state index in [-0.39, 0.29) is 23.6 Å². The Kier molecular flexibility index (Phi) is 5.26. The van der Waals surface area contributed by atoms with Crippen molar-refractivity contribution in [2.75, 3.05) is 13.9 Å². The van der Waals surface area contributed by atoms with E-state index in [1.807, 2.05) is 30.3 Å². The lowest BCUT2D eigenvalue weighted by Crippen LogP contribution is -2.58. The fourth-order valence-electron chi connectivity index (χ4n) is 5.63. The minimum absolute atomic E-state index is 0.0548. The third-order valence-electron chi connectivity index (χ3n) is 7.58. The van der Waals surface area contributed by atoms with Gasteiger partial charge in [-0.25, -0.2) is 0 Å². The summed E-state index contributed by atoms with van der Waals surface area (Å²) < 4.78 is 24.0. The van der Waals surface area contributed by atoms with Gasteiger partial charge in [-0.05, 0) is 31.6 Å². The van der Waals surface area contributed by atoms with Gasteiger partial charge in [0.2, 0.25) is 0 Å². The number of benzene rings is 2. The third kappa shape index (κ3) is 3.52. The average molecular weight is 451 g/mol. The molecule has 5 rings (SSSR count). The van der Waals surface area contributed by atoms with Crippen LogP contribution in [0.3, 0.4) is 0 Å². The van der Waals surface area contributed by atoms with E-state index < -0.39 is 11.7 Å². The summed E-state index contributed by atoms with van der Waals surface area (Å²) in [6.45, 7) is 6.33. The molecule has 2 heterocycles. The van der Waals surface area contributed by atoms with E-state index in [4.69, 9.17) is 18.6 Å². The average Bonchev–Trinajstić information content (AvgIpc) is 2.79. The van der Waals surface area contributed by atoms with E-state index in [1.165, 1.54) is 6.07 Å². The first-order valence-corrected chi connectivity index (χ1v) is 11.4. The highest BCUT2D eigenvalue weighted by Gasteiger charge is 2.55. The minimum Gasteiger partial charge on any atom is -0.486 e. The van der Waals surface area contributed by atoms with Crippen LogP contribution in [0.25, 0.3) is 22.3 Å². The van der Waals surface area contributed by atoms with Crippen molar-refractivity contribution in [1.82, 2.24) is 0 Å². The first kappa shape index (κ1) is 22.0. The van der Waals surface area contributed by atoms with Crippen molar-refractivity contribution in [3.05, 3.63) is 58.3 Å². The molecule has 1 fully saturated rings. The summed E-state index contributed by atoms with van der Waals surface area (Å²) in [4.78, 5) is 13.4. The van der Waals surface area contributed by atoms with Crippen molar-refractivity contribution < 1.29 is 23.7 Å². The summed E-state index contributed by atoms with van der Waals surface area (Å²) in [6.07, 6.45) is 1.58. The Morgan fingerprint density at radius 2 is 1.91 bits per heavy atom. The first-order chi connectivity index (χ1) is 15.7. The number of ether oxygens (including phenoxy) is 3. The Balaban J connectivity index is 1.72. The molecule has 2 aromatic carbocycles. The monoisotopic (exact) mass is 450 g/mol. The zero-order valence-electron chi connectivity index (χ0n) is 19.5. The van der Waals surface area contributed by atoms with Crippen molar-refractivity contribution >= 4 is 11.0 Å². The maximum Gasteiger partial charge on any atom is 0.197 e. The topological polar surface area (TPSA) is 78.1 Å². The molecule has 1 aliphatic heterocycles. The molecule has 0 unspecified atom stereocenters. The second-order valence-electron chi connectivity index (χ2n) is 9.99. The van der Waals surface area contributed by atoms with Gasteiger partial charge in [-0.3, -0.25) is 4.79 Å². The quantitative estimate of drug-likeness (QED) is 0.568. The van der Waals surface area contributed by atoms with Gasteiger partial charge in [0, 0.05) is 36.3 Å². The number of hydrogen-bond donors (Lipinski definition) is 1. The summed E-state index contributed by atoms with van der Waals surface area (Å²) in [5.74, 6) is 1.65. The van der Waals surface area contributed by atoms with Crippen molar-refractivity contribution in [3.8, 4) is 22.8 Å². The summed E-state index contributed by atoms with van der Waals surface area (Å²) in [5.41, 5.74) is 1.06. The van der Waals surface area contributed by atoms with Gasteiger partial charge in [-0.2, -0.15) is 0 Å². The zero-order valence-corrected chi connectivity index (χ0v) is 19.5. The Morgan fingerprint density at radius 3 is 2.64 bits per heavy atom. The van der Waals surface area contributed by atoms with Gasteiger partial charge in [0.25, 0.3) is 0 Å². The number of hydrogen-bond acceptors (Lipinski definition) is 6. The molecule has 1 saturated carbocycles. The maximum absolute atomic E-state index is 13.4. The summed E-state index contributed by atoms with van der Waals surface area (Å²) in [7, 11) is 1.56. The predicted octanol–water partition coefficient (Wildman–Crippen LogP) is 4.93. The smallest absolute Gasteiger partial charge is 0.197 e. The predicted molar refractivity (Wildman–Crippen MR) is 126 cm³/mol. The highest BCUT2D eigenvalue weighted by Crippen LogP contribution is 2.55. The van der Waals surface area contributed by atoms with Crippen LogP contribution >= 0.6 is 0 Å². The van der Waals surface area contributed by atoms with Crippen LogP contribution in [-0.4, -0.2) is 30.7 Å². The standard InChI is InChI=1S/C27H30O6/c1-26(2)22-12-17-20(31-15-30-4)14-21-24(25(17)33-27(22,3)11-10-23(26)29)18(28)13-19(32-21)16-8-6-5-7-9-16/h5-9,13-14,22-23,29H,10-12,15H2,1-4H3/t22-,23+,27+/m1/s1. The van der Waals surface area contributed by atoms with E-state index in [9.17, 15) is 9.90 Å². The minimum atomic E-state index is -0.507. The number of aliphatic hydroxyl groups excluding tert-OH is 1. The van der Waals surface area contributed by atoms with Gasteiger partial charge in [-0.1, -0.05) is 44.2 Å². The summed E-state index contributed by atoms with van der Waals surface area (Å²) in [6, 6.07) is 12.8. The van der Waals surface area contributed by atoms with E-state index in [0.29, 0.717) is 47.5 Å². The number of fused-ring (bicyclic) bond motifs is 4. The molecule has 0 saturated heterocycles. The van der Waals surface area contributed by atoms with Crippen LogP contribution in [0.5, 0.6) is 11.5 Å². The zero-order chi connectivity index (χ0) is 23.4. The molecule has 3 atom stereocenters. The highest BCUT2D eigenvalue weighted by molar-refractivity contribution is 5.89. The van der Waals surface area contributed by atoms with Crippen molar-refractivity contribution in [1.29, 1.82) is 0 Å². The Hall–Kier alpha value is -2.83. The summed E-state index contributed by atoms with van der Waals surface area (Å²) in [5, 5.41) is 11.2. The third-order valence-corrected chi connectivity index (χ3v) is 7.58. The van der Waals surface area contributed by atoms with Crippen LogP contribution < -0.4 is 14.9 Å². The first-order valence-electron chi connectivity index (χ1n) is 11.4.